The van der Waals surface area contributed by atoms with E-state index in [0.717, 1.165) is 43.7 Å². The first-order valence-corrected chi connectivity index (χ1v) is 10.5. The predicted octanol–water partition coefficient (Wildman–Crippen LogP) is 3.22. The van der Waals surface area contributed by atoms with Gasteiger partial charge in [0.1, 0.15) is 5.75 Å². The van der Waals surface area contributed by atoms with Crippen molar-refractivity contribution in [1.29, 1.82) is 0 Å². The Labute approximate surface area is 165 Å². The molecular weight excluding hydrogens is 336 g/mol. The Bertz CT molecular complexity index is 580. The van der Waals surface area contributed by atoms with Crippen LogP contribution in [0.3, 0.4) is 0 Å². The van der Waals surface area contributed by atoms with E-state index < -0.39 is 0 Å². The lowest BCUT2D eigenvalue weighted by Gasteiger charge is -2.30. The zero-order valence-corrected chi connectivity index (χ0v) is 17.7. The number of ether oxygens (including phenoxy) is 1. The minimum absolute atomic E-state index is 0.833. The van der Waals surface area contributed by atoms with E-state index in [0.29, 0.717) is 0 Å². The lowest BCUT2D eigenvalue weighted by molar-refractivity contribution is 0.188. The third kappa shape index (κ3) is 7.41. The Kier molecular flexibility index (Phi) is 9.46. The highest BCUT2D eigenvalue weighted by molar-refractivity contribution is 5.79. The van der Waals surface area contributed by atoms with Gasteiger partial charge in [-0.2, -0.15) is 0 Å². The number of piperidine rings is 1. The highest BCUT2D eigenvalue weighted by atomic mass is 16.5. The van der Waals surface area contributed by atoms with E-state index in [9.17, 15) is 0 Å². The third-order valence-corrected chi connectivity index (χ3v) is 5.48. The van der Waals surface area contributed by atoms with E-state index in [1.807, 2.05) is 0 Å². The molecule has 0 radical (unpaired) electrons. The number of rotatable bonds is 9. The van der Waals surface area contributed by atoms with Crippen molar-refractivity contribution in [3.8, 4) is 5.75 Å². The summed E-state index contributed by atoms with van der Waals surface area (Å²) in [5.74, 6) is 2.73. The Morgan fingerprint density at radius 2 is 2.00 bits per heavy atom. The molecule has 0 atom stereocenters. The monoisotopic (exact) mass is 374 g/mol. The van der Waals surface area contributed by atoms with E-state index in [2.05, 4.69) is 54.5 Å². The summed E-state index contributed by atoms with van der Waals surface area (Å²) in [7, 11) is 1.73. The zero-order chi connectivity index (χ0) is 19.5. The van der Waals surface area contributed by atoms with Crippen molar-refractivity contribution in [1.82, 2.24) is 15.5 Å². The number of nitrogens with one attached hydrogen (secondary N) is 2. The molecule has 0 aromatic heterocycles. The molecule has 0 spiro atoms. The highest BCUT2D eigenvalue weighted by Crippen LogP contribution is 2.20. The molecule has 1 aliphatic rings. The summed E-state index contributed by atoms with van der Waals surface area (Å²) in [5, 5.41) is 6.83. The molecule has 5 heteroatoms. The zero-order valence-electron chi connectivity index (χ0n) is 17.7. The second-order valence-corrected chi connectivity index (χ2v) is 7.41. The predicted molar refractivity (Wildman–Crippen MR) is 115 cm³/mol. The van der Waals surface area contributed by atoms with Crippen molar-refractivity contribution in [2.45, 2.75) is 46.5 Å². The van der Waals surface area contributed by atoms with Gasteiger partial charge < -0.3 is 20.3 Å². The maximum atomic E-state index is 5.42. The second kappa shape index (κ2) is 11.9. The third-order valence-electron chi connectivity index (χ3n) is 5.48. The molecule has 1 heterocycles. The number of hydrogen-bond donors (Lipinski definition) is 2. The number of nitrogens with zero attached hydrogens (tertiary/aromatic N) is 2. The molecule has 27 heavy (non-hydrogen) atoms. The summed E-state index contributed by atoms with van der Waals surface area (Å²) in [6, 6.07) is 6.42. The molecular formula is C22H38N4O. The average Bonchev–Trinajstić information content (AvgIpc) is 2.69. The molecule has 1 saturated heterocycles. The smallest absolute Gasteiger partial charge is 0.191 e. The van der Waals surface area contributed by atoms with Crippen LogP contribution in [0, 0.1) is 12.8 Å². The summed E-state index contributed by atoms with van der Waals surface area (Å²) < 4.78 is 5.42. The van der Waals surface area contributed by atoms with Gasteiger partial charge in [0.2, 0.25) is 0 Å². The van der Waals surface area contributed by atoms with Gasteiger partial charge in [0.25, 0.3) is 0 Å². The topological polar surface area (TPSA) is 48.9 Å². The lowest BCUT2D eigenvalue weighted by atomic mass is 9.94. The minimum Gasteiger partial charge on any atom is -0.496 e. The van der Waals surface area contributed by atoms with Crippen LogP contribution < -0.4 is 15.4 Å². The summed E-state index contributed by atoms with van der Waals surface area (Å²) in [4.78, 5) is 7.33. The molecule has 1 aromatic carbocycles. The molecule has 0 saturated carbocycles. The van der Waals surface area contributed by atoms with Gasteiger partial charge in [-0.3, -0.25) is 4.99 Å². The molecule has 0 aliphatic carbocycles. The minimum atomic E-state index is 0.833. The van der Waals surface area contributed by atoms with Crippen molar-refractivity contribution < 1.29 is 4.74 Å². The number of hydrogen-bond acceptors (Lipinski definition) is 3. The summed E-state index contributed by atoms with van der Waals surface area (Å²) in [6.45, 7) is 12.8. The van der Waals surface area contributed by atoms with Crippen molar-refractivity contribution in [2.75, 3.05) is 46.4 Å². The molecule has 2 rings (SSSR count). The SMILES string of the molecule is CCNC(=NCCC1CCN(CC)CC1)NCCc1ccc(C)c(OC)c1. The second-order valence-electron chi connectivity index (χ2n) is 7.41. The van der Waals surface area contributed by atoms with Crippen LogP contribution in [-0.2, 0) is 6.42 Å². The van der Waals surface area contributed by atoms with Crippen molar-refractivity contribution in [3.05, 3.63) is 29.3 Å². The van der Waals surface area contributed by atoms with Gasteiger partial charge in [0, 0.05) is 19.6 Å². The number of guanidine groups is 1. The molecule has 0 unspecified atom stereocenters. The summed E-state index contributed by atoms with van der Waals surface area (Å²) in [5.41, 5.74) is 2.46. The quantitative estimate of drug-likeness (QED) is 0.515. The molecule has 152 valence electrons. The van der Waals surface area contributed by atoms with E-state index in [4.69, 9.17) is 9.73 Å². The van der Waals surface area contributed by atoms with E-state index >= 15 is 0 Å². The Morgan fingerprint density at radius 3 is 2.67 bits per heavy atom. The Balaban J connectivity index is 1.75. The number of aliphatic imine (C=N–C) groups is 1. The summed E-state index contributed by atoms with van der Waals surface area (Å²) >= 11 is 0. The van der Waals surface area contributed by atoms with E-state index in [1.165, 1.54) is 50.0 Å². The number of aryl methyl sites for hydroxylation is 1. The fourth-order valence-corrected chi connectivity index (χ4v) is 3.64. The van der Waals surface area contributed by atoms with Crippen LogP contribution in [0.5, 0.6) is 5.75 Å². The molecule has 0 amide bonds. The molecule has 0 bridgehead atoms. The first-order chi connectivity index (χ1) is 13.2. The van der Waals surface area contributed by atoms with Gasteiger partial charge in [-0.05, 0) is 82.3 Å². The molecule has 5 nitrogen and oxygen atoms in total. The van der Waals surface area contributed by atoms with Gasteiger partial charge in [0.15, 0.2) is 5.96 Å². The van der Waals surface area contributed by atoms with Gasteiger partial charge in [0.05, 0.1) is 7.11 Å². The molecule has 2 N–H and O–H groups in total. The standard InChI is InChI=1S/C22H38N4O/c1-5-23-22(24-13-9-19-11-15-26(6-2)16-12-19)25-14-10-20-8-7-18(3)21(17-20)27-4/h7-8,17,19H,5-6,9-16H2,1-4H3,(H2,23,24,25). The van der Waals surface area contributed by atoms with E-state index in [1.54, 1.807) is 7.11 Å². The molecule has 1 fully saturated rings. The Morgan fingerprint density at radius 1 is 1.22 bits per heavy atom. The van der Waals surface area contributed by atoms with Gasteiger partial charge >= 0.3 is 0 Å². The maximum absolute atomic E-state index is 5.42. The largest absolute Gasteiger partial charge is 0.496 e. The average molecular weight is 375 g/mol. The lowest BCUT2D eigenvalue weighted by Crippen LogP contribution is -2.38. The van der Waals surface area contributed by atoms with E-state index in [-0.39, 0.29) is 0 Å². The van der Waals surface area contributed by atoms with Crippen molar-refractivity contribution >= 4 is 5.96 Å². The van der Waals surface area contributed by atoms with Crippen molar-refractivity contribution in [2.24, 2.45) is 10.9 Å². The molecule has 1 aromatic rings. The Hall–Kier alpha value is -1.75. The first kappa shape index (κ1) is 21.5. The van der Waals surface area contributed by atoms with Crippen molar-refractivity contribution in [3.63, 3.8) is 0 Å². The van der Waals surface area contributed by atoms with Crippen LogP contribution in [0.4, 0.5) is 0 Å². The fraction of sp³-hybridized carbons (Fsp3) is 0.682. The van der Waals surface area contributed by atoms with Crippen LogP contribution in [0.1, 0.15) is 44.2 Å². The maximum Gasteiger partial charge on any atom is 0.191 e. The van der Waals surface area contributed by atoms with Gasteiger partial charge in [-0.15, -0.1) is 0 Å². The van der Waals surface area contributed by atoms with Crippen LogP contribution in [0.2, 0.25) is 0 Å². The van der Waals surface area contributed by atoms with Gasteiger partial charge in [-0.1, -0.05) is 19.1 Å². The highest BCUT2D eigenvalue weighted by Gasteiger charge is 2.17. The van der Waals surface area contributed by atoms with Crippen LogP contribution >= 0.6 is 0 Å². The number of benzene rings is 1. The summed E-state index contributed by atoms with van der Waals surface area (Å²) in [6.07, 6.45) is 4.80. The number of methoxy groups -OCH3 is 1. The molecule has 1 aliphatic heterocycles. The fourth-order valence-electron chi connectivity index (χ4n) is 3.64. The van der Waals surface area contributed by atoms with Crippen LogP contribution in [0.15, 0.2) is 23.2 Å². The van der Waals surface area contributed by atoms with Crippen LogP contribution in [-0.4, -0.2) is 57.2 Å². The first-order valence-electron chi connectivity index (χ1n) is 10.5. The normalized spacial score (nSPS) is 16.4. The van der Waals surface area contributed by atoms with Gasteiger partial charge in [-0.25, -0.2) is 0 Å². The number of likely N-dealkylation sites (tertiary alicyclic amines) is 1. The van der Waals surface area contributed by atoms with Crippen LogP contribution in [0.25, 0.3) is 0 Å².